The third-order valence-corrected chi connectivity index (χ3v) is 3.16. The van der Waals surface area contributed by atoms with E-state index in [2.05, 4.69) is 10.4 Å². The average Bonchev–Trinajstić information content (AvgIpc) is 2.73. The van der Waals surface area contributed by atoms with Crippen molar-refractivity contribution in [3.63, 3.8) is 0 Å². The van der Waals surface area contributed by atoms with Crippen molar-refractivity contribution in [2.24, 2.45) is 5.10 Å². The number of urea groups is 1. The van der Waals surface area contributed by atoms with Crippen LogP contribution in [0.25, 0.3) is 0 Å². The highest BCUT2D eigenvalue weighted by molar-refractivity contribution is 8.12. The lowest BCUT2D eigenvalue weighted by Gasteiger charge is -2.29. The van der Waals surface area contributed by atoms with Gasteiger partial charge in [-0.15, -0.1) is 0 Å². The van der Waals surface area contributed by atoms with E-state index in [1.54, 1.807) is 24.3 Å². The molecule has 0 bridgehead atoms. The number of benzene rings is 1. The molecule has 1 heterocycles. The van der Waals surface area contributed by atoms with Gasteiger partial charge in [0.2, 0.25) is 5.06 Å². The molecule has 0 fully saturated rings. The number of carbonyl (C=O) groups excluding carboxylic acids is 1. The number of hydrazone groups is 1. The molecule has 2 rings (SSSR count). The average molecular weight is 237 g/mol. The molecule has 1 unspecified atom stereocenters. The van der Waals surface area contributed by atoms with Crippen LogP contribution in [0.4, 0.5) is 4.79 Å². The predicted molar refractivity (Wildman–Crippen MR) is 62.7 cm³/mol. The summed E-state index contributed by atoms with van der Waals surface area (Å²) in [6.07, 6.45) is 0. The molecular formula is C10H11N3O2S. The monoisotopic (exact) mass is 237 g/mol. The van der Waals surface area contributed by atoms with Crippen molar-refractivity contribution in [3.05, 3.63) is 35.9 Å². The highest BCUT2D eigenvalue weighted by Crippen LogP contribution is 2.40. The van der Waals surface area contributed by atoms with Crippen LogP contribution in [0.2, 0.25) is 0 Å². The van der Waals surface area contributed by atoms with E-state index in [0.717, 1.165) is 16.8 Å². The molecule has 5 nitrogen and oxygen atoms in total. The summed E-state index contributed by atoms with van der Waals surface area (Å²) in [7, 11) is 1.49. The van der Waals surface area contributed by atoms with E-state index in [1.807, 2.05) is 6.07 Å². The number of rotatable bonds is 1. The second-order valence-electron chi connectivity index (χ2n) is 3.18. The van der Waals surface area contributed by atoms with Gasteiger partial charge in [0.15, 0.2) is 0 Å². The molecular weight excluding hydrogens is 226 g/mol. The van der Waals surface area contributed by atoms with Crippen LogP contribution in [0, 0.1) is 0 Å². The summed E-state index contributed by atoms with van der Waals surface area (Å²) in [5.41, 5.74) is 2.06. The van der Waals surface area contributed by atoms with Gasteiger partial charge >= 0.3 is 6.03 Å². The van der Waals surface area contributed by atoms with Crippen LogP contribution in [0.3, 0.4) is 0 Å². The first-order valence-corrected chi connectivity index (χ1v) is 5.56. The van der Waals surface area contributed by atoms with E-state index in [9.17, 15) is 9.90 Å². The minimum atomic E-state index is -1.46. The molecule has 1 atom stereocenters. The molecule has 1 aromatic rings. The Morgan fingerprint density at radius 1 is 1.50 bits per heavy atom. The molecule has 0 radical (unpaired) electrons. The van der Waals surface area contributed by atoms with Gasteiger partial charge in [0, 0.05) is 12.6 Å². The molecule has 1 aliphatic heterocycles. The van der Waals surface area contributed by atoms with Crippen LogP contribution >= 0.6 is 11.8 Å². The molecule has 1 aromatic carbocycles. The van der Waals surface area contributed by atoms with Crippen LogP contribution in [0.5, 0.6) is 0 Å². The summed E-state index contributed by atoms with van der Waals surface area (Å²) in [5, 5.41) is 16.3. The Morgan fingerprint density at radius 2 is 2.19 bits per heavy atom. The van der Waals surface area contributed by atoms with Gasteiger partial charge in [-0.05, 0) is 11.8 Å². The van der Waals surface area contributed by atoms with Crippen molar-refractivity contribution in [3.8, 4) is 0 Å². The van der Waals surface area contributed by atoms with Crippen LogP contribution in [-0.4, -0.2) is 28.7 Å². The molecule has 84 valence electrons. The third-order valence-electron chi connectivity index (χ3n) is 2.22. The highest BCUT2D eigenvalue weighted by Gasteiger charge is 2.43. The Kier molecular flexibility index (Phi) is 2.84. The van der Waals surface area contributed by atoms with E-state index in [-0.39, 0.29) is 0 Å². The molecule has 6 heteroatoms. The molecule has 0 saturated carbocycles. The number of thioether (sulfide) groups is 1. The molecule has 0 aliphatic carbocycles. The number of hydrogen-bond donors (Lipinski definition) is 2. The molecule has 2 amide bonds. The minimum Gasteiger partial charge on any atom is -0.357 e. The Bertz CT molecular complexity index is 423. The molecule has 0 aromatic heterocycles. The van der Waals surface area contributed by atoms with Gasteiger partial charge in [0.1, 0.15) is 0 Å². The lowest BCUT2D eigenvalue weighted by atomic mass is 10.2. The van der Waals surface area contributed by atoms with Crippen molar-refractivity contribution in [2.75, 3.05) is 7.05 Å². The van der Waals surface area contributed by atoms with Crippen molar-refractivity contribution in [1.29, 1.82) is 0 Å². The van der Waals surface area contributed by atoms with Crippen LogP contribution in [-0.2, 0) is 5.06 Å². The van der Waals surface area contributed by atoms with Crippen molar-refractivity contribution in [2.45, 2.75) is 5.06 Å². The lowest BCUT2D eigenvalue weighted by Crippen LogP contribution is -2.45. The van der Waals surface area contributed by atoms with Crippen molar-refractivity contribution in [1.82, 2.24) is 10.3 Å². The zero-order valence-corrected chi connectivity index (χ0v) is 9.44. The van der Waals surface area contributed by atoms with Gasteiger partial charge in [-0.1, -0.05) is 30.3 Å². The third kappa shape index (κ3) is 1.66. The second-order valence-corrected chi connectivity index (χ2v) is 4.20. The summed E-state index contributed by atoms with van der Waals surface area (Å²) >= 11 is 1.08. The summed E-state index contributed by atoms with van der Waals surface area (Å²) in [6.45, 7) is 0. The first-order chi connectivity index (χ1) is 7.68. The minimum absolute atomic E-state index is 0.451. The van der Waals surface area contributed by atoms with E-state index in [4.69, 9.17) is 0 Å². The fourth-order valence-electron chi connectivity index (χ4n) is 1.41. The number of carbonyl (C=O) groups is 1. The summed E-state index contributed by atoms with van der Waals surface area (Å²) in [5.74, 6) is 0. The van der Waals surface area contributed by atoms with Gasteiger partial charge < -0.3 is 10.4 Å². The van der Waals surface area contributed by atoms with Crippen LogP contribution < -0.4 is 5.32 Å². The van der Waals surface area contributed by atoms with E-state index >= 15 is 0 Å². The van der Waals surface area contributed by atoms with E-state index < -0.39 is 11.1 Å². The largest absolute Gasteiger partial charge is 0.357 e. The number of aliphatic hydroxyl groups is 1. The number of nitrogens with zero attached hydrogens (tertiary/aromatic N) is 2. The topological polar surface area (TPSA) is 64.9 Å². The predicted octanol–water partition coefficient (Wildman–Crippen LogP) is 1.12. The van der Waals surface area contributed by atoms with E-state index in [1.165, 1.54) is 12.6 Å². The maximum absolute atomic E-state index is 11.5. The normalized spacial score (nSPS) is 23.5. The Labute approximate surface area is 97.1 Å². The van der Waals surface area contributed by atoms with Crippen LogP contribution in [0.15, 0.2) is 35.4 Å². The highest BCUT2D eigenvalue weighted by atomic mass is 32.2. The molecule has 0 spiro atoms. The molecule has 0 saturated heterocycles. The van der Waals surface area contributed by atoms with Gasteiger partial charge in [-0.25, -0.2) is 4.79 Å². The number of hydrogen-bond acceptors (Lipinski definition) is 4. The smallest absolute Gasteiger partial charge is 0.341 e. The molecule has 1 aliphatic rings. The molecule has 16 heavy (non-hydrogen) atoms. The van der Waals surface area contributed by atoms with Crippen LogP contribution in [0.1, 0.15) is 5.56 Å². The van der Waals surface area contributed by atoms with Gasteiger partial charge in [0.25, 0.3) is 0 Å². The van der Waals surface area contributed by atoms with Crippen molar-refractivity contribution < 1.29 is 9.90 Å². The maximum atomic E-state index is 11.5. The number of amides is 2. The van der Waals surface area contributed by atoms with Gasteiger partial charge in [0.05, 0.1) is 5.55 Å². The van der Waals surface area contributed by atoms with Crippen molar-refractivity contribution >= 4 is 23.3 Å². The standard InChI is InChI=1S/C10H11N3O2S/c1-11-9(14)13-10(15,16-7-12-13)8-5-3-2-4-6-8/h2-7,15H,1H3,(H,11,14). The zero-order valence-electron chi connectivity index (χ0n) is 8.62. The van der Waals surface area contributed by atoms with Gasteiger partial charge in [-0.3, -0.25) is 0 Å². The second kappa shape index (κ2) is 4.15. The fraction of sp³-hybridized carbons (Fsp3) is 0.200. The Hall–Kier alpha value is -1.53. The first-order valence-electron chi connectivity index (χ1n) is 4.68. The molecule has 2 N–H and O–H groups in total. The number of nitrogens with one attached hydrogen (secondary N) is 1. The van der Waals surface area contributed by atoms with Gasteiger partial charge in [-0.2, -0.15) is 10.1 Å². The first kappa shape index (κ1) is 11.0. The summed E-state index contributed by atoms with van der Waals surface area (Å²) in [6, 6.07) is 8.49. The quantitative estimate of drug-likeness (QED) is 0.769. The zero-order chi connectivity index (χ0) is 11.6. The lowest BCUT2D eigenvalue weighted by molar-refractivity contribution is 0.00191. The summed E-state index contributed by atoms with van der Waals surface area (Å²) in [4.78, 5) is 11.5. The Morgan fingerprint density at radius 3 is 2.81 bits per heavy atom. The Balaban J connectivity index is 2.35. The maximum Gasteiger partial charge on any atom is 0.341 e. The summed E-state index contributed by atoms with van der Waals surface area (Å²) < 4.78 is 0. The van der Waals surface area contributed by atoms with E-state index in [0.29, 0.717) is 5.56 Å². The fourth-order valence-corrected chi connectivity index (χ4v) is 2.20. The SMILES string of the molecule is CNC(=O)N1N=CSC1(O)c1ccccc1.